The fourth-order valence-corrected chi connectivity index (χ4v) is 3.20. The molecule has 1 saturated heterocycles. The van der Waals surface area contributed by atoms with E-state index in [2.05, 4.69) is 39.2 Å². The van der Waals surface area contributed by atoms with E-state index in [9.17, 15) is 10.1 Å². The summed E-state index contributed by atoms with van der Waals surface area (Å²) < 4.78 is 0. The third kappa shape index (κ3) is 4.15. The van der Waals surface area contributed by atoms with Crippen LogP contribution in [0.4, 0.5) is 22.9 Å². The molecule has 2 heterocycles. The van der Waals surface area contributed by atoms with Gasteiger partial charge in [0.2, 0.25) is 5.69 Å². The van der Waals surface area contributed by atoms with Gasteiger partial charge < -0.3 is 15.1 Å². The van der Waals surface area contributed by atoms with Gasteiger partial charge in [0, 0.05) is 43.6 Å². The Labute approximate surface area is 158 Å². The molecule has 0 amide bonds. The van der Waals surface area contributed by atoms with Crippen molar-refractivity contribution >= 4 is 22.9 Å². The zero-order chi connectivity index (χ0) is 19.4. The fourth-order valence-electron chi connectivity index (χ4n) is 3.20. The van der Waals surface area contributed by atoms with Crippen LogP contribution in [0.25, 0.3) is 0 Å². The van der Waals surface area contributed by atoms with Gasteiger partial charge >= 0.3 is 5.69 Å². The topological polar surface area (TPSA) is 98.3 Å². The zero-order valence-electron chi connectivity index (χ0n) is 15.5. The molecule has 1 fully saturated rings. The molecular formula is C19H22N6O2. The highest BCUT2D eigenvalue weighted by Gasteiger charge is 2.18. The van der Waals surface area contributed by atoms with Gasteiger partial charge in [-0.1, -0.05) is 6.92 Å². The number of rotatable bonds is 5. The summed E-state index contributed by atoms with van der Waals surface area (Å²) in [7, 11) is 0. The van der Waals surface area contributed by atoms with Gasteiger partial charge in [0.05, 0.1) is 4.92 Å². The third-order valence-electron chi connectivity index (χ3n) is 4.83. The van der Waals surface area contributed by atoms with Gasteiger partial charge in [-0.2, -0.15) is 5.26 Å². The maximum absolute atomic E-state index is 10.9. The summed E-state index contributed by atoms with van der Waals surface area (Å²) in [5.41, 5.74) is 2.60. The molecule has 140 valence electrons. The summed E-state index contributed by atoms with van der Waals surface area (Å²) >= 11 is 0. The van der Waals surface area contributed by atoms with Crippen LogP contribution < -0.4 is 10.2 Å². The van der Waals surface area contributed by atoms with E-state index in [0.29, 0.717) is 5.82 Å². The number of nitrogens with one attached hydrogen (secondary N) is 1. The van der Waals surface area contributed by atoms with E-state index in [1.54, 1.807) is 6.07 Å². The number of benzene rings is 1. The molecule has 0 saturated carbocycles. The summed E-state index contributed by atoms with van der Waals surface area (Å²) in [5, 5.41) is 23.1. The molecule has 3 rings (SSSR count). The molecule has 0 bridgehead atoms. The van der Waals surface area contributed by atoms with Crippen molar-refractivity contribution in [3.05, 3.63) is 51.7 Å². The van der Waals surface area contributed by atoms with Crippen LogP contribution >= 0.6 is 0 Å². The first kappa shape index (κ1) is 18.6. The Morgan fingerprint density at radius 1 is 1.26 bits per heavy atom. The Balaban J connectivity index is 1.75. The molecule has 1 aliphatic rings. The van der Waals surface area contributed by atoms with Gasteiger partial charge in [-0.15, -0.1) is 0 Å². The van der Waals surface area contributed by atoms with Crippen LogP contribution in [0.3, 0.4) is 0 Å². The summed E-state index contributed by atoms with van der Waals surface area (Å²) in [6, 6.07) is 10.7. The SMILES string of the molecule is CCN1CCN(c2ccc(Nc3ccc([N+](=O)[O-])c(C#N)n3)c(C)c2)CC1. The monoisotopic (exact) mass is 366 g/mol. The van der Waals surface area contributed by atoms with E-state index in [-0.39, 0.29) is 11.4 Å². The summed E-state index contributed by atoms with van der Waals surface area (Å²) in [6.07, 6.45) is 0. The Hall–Kier alpha value is -3.18. The molecule has 1 aromatic carbocycles. The molecule has 8 heteroatoms. The van der Waals surface area contributed by atoms with Gasteiger partial charge in [-0.25, -0.2) is 4.98 Å². The predicted molar refractivity (Wildman–Crippen MR) is 104 cm³/mol. The highest BCUT2D eigenvalue weighted by Crippen LogP contribution is 2.27. The number of pyridine rings is 1. The third-order valence-corrected chi connectivity index (χ3v) is 4.83. The summed E-state index contributed by atoms with van der Waals surface area (Å²) in [4.78, 5) is 19.2. The molecule has 0 unspecified atom stereocenters. The molecule has 1 aromatic heterocycles. The lowest BCUT2D eigenvalue weighted by molar-refractivity contribution is -0.385. The van der Waals surface area contributed by atoms with Crippen molar-refractivity contribution in [2.24, 2.45) is 0 Å². The standard InChI is InChI=1S/C19H22N6O2/c1-3-23-8-10-24(11-9-23)15-4-5-16(14(2)12-15)21-19-7-6-18(25(26)27)17(13-20)22-19/h4-7,12H,3,8-11H2,1-2H3,(H,21,22). The highest BCUT2D eigenvalue weighted by atomic mass is 16.6. The molecule has 0 spiro atoms. The van der Waals surface area contributed by atoms with Crippen molar-refractivity contribution in [1.82, 2.24) is 9.88 Å². The summed E-state index contributed by atoms with van der Waals surface area (Å²) in [6.45, 7) is 9.43. The molecule has 1 aliphatic heterocycles. The number of nitriles is 1. The maximum Gasteiger partial charge on any atom is 0.305 e. The lowest BCUT2D eigenvalue weighted by atomic mass is 10.1. The second-order valence-corrected chi connectivity index (χ2v) is 6.48. The van der Waals surface area contributed by atoms with Crippen LogP contribution in [0.2, 0.25) is 0 Å². The van der Waals surface area contributed by atoms with E-state index in [1.165, 1.54) is 17.8 Å². The van der Waals surface area contributed by atoms with Crippen molar-refractivity contribution in [3.8, 4) is 6.07 Å². The number of piperazine rings is 1. The van der Waals surface area contributed by atoms with Crippen LogP contribution in [0.15, 0.2) is 30.3 Å². The average Bonchev–Trinajstić information content (AvgIpc) is 2.69. The first-order valence-electron chi connectivity index (χ1n) is 8.92. The minimum atomic E-state index is -0.604. The van der Waals surface area contributed by atoms with Crippen LogP contribution in [-0.2, 0) is 0 Å². The summed E-state index contributed by atoms with van der Waals surface area (Å²) in [5.74, 6) is 0.407. The van der Waals surface area contributed by atoms with E-state index < -0.39 is 4.92 Å². The van der Waals surface area contributed by atoms with Gasteiger partial charge in [0.25, 0.3) is 0 Å². The number of nitro groups is 1. The second-order valence-electron chi connectivity index (χ2n) is 6.48. The lowest BCUT2D eigenvalue weighted by Crippen LogP contribution is -2.46. The van der Waals surface area contributed by atoms with Crippen LogP contribution in [0.1, 0.15) is 18.2 Å². The number of anilines is 3. The molecule has 27 heavy (non-hydrogen) atoms. The molecular weight excluding hydrogens is 344 g/mol. The van der Waals surface area contributed by atoms with Crippen LogP contribution in [-0.4, -0.2) is 47.5 Å². The molecule has 0 aliphatic carbocycles. The van der Waals surface area contributed by atoms with Gasteiger partial charge in [-0.3, -0.25) is 10.1 Å². The number of aromatic nitrogens is 1. The van der Waals surface area contributed by atoms with Crippen molar-refractivity contribution < 1.29 is 4.92 Å². The van der Waals surface area contributed by atoms with Gasteiger partial charge in [0.1, 0.15) is 11.9 Å². The Morgan fingerprint density at radius 3 is 2.59 bits per heavy atom. The van der Waals surface area contributed by atoms with Crippen molar-refractivity contribution in [1.29, 1.82) is 5.26 Å². The van der Waals surface area contributed by atoms with Crippen molar-refractivity contribution in [2.75, 3.05) is 42.9 Å². The zero-order valence-corrected chi connectivity index (χ0v) is 15.5. The van der Waals surface area contributed by atoms with Crippen LogP contribution in [0, 0.1) is 28.4 Å². The molecule has 8 nitrogen and oxygen atoms in total. The molecule has 2 aromatic rings. The Morgan fingerprint density at radius 2 is 2.00 bits per heavy atom. The smallest absolute Gasteiger partial charge is 0.305 e. The highest BCUT2D eigenvalue weighted by molar-refractivity contribution is 5.66. The number of hydrogen-bond acceptors (Lipinski definition) is 7. The first-order chi connectivity index (χ1) is 13.0. The number of nitrogens with zero attached hydrogens (tertiary/aromatic N) is 5. The van der Waals surface area contributed by atoms with Gasteiger partial charge in [0.15, 0.2) is 0 Å². The predicted octanol–water partition coefficient (Wildman–Crippen LogP) is 3.06. The number of aryl methyl sites for hydroxylation is 1. The average molecular weight is 366 g/mol. The quantitative estimate of drug-likeness (QED) is 0.641. The minimum Gasteiger partial charge on any atom is -0.369 e. The lowest BCUT2D eigenvalue weighted by Gasteiger charge is -2.35. The first-order valence-corrected chi connectivity index (χ1v) is 8.92. The normalized spacial score (nSPS) is 14.6. The Bertz CT molecular complexity index is 884. The number of likely N-dealkylation sites (N-methyl/N-ethyl adjacent to an activating group) is 1. The Kier molecular flexibility index (Phi) is 5.52. The van der Waals surface area contributed by atoms with E-state index in [1.807, 2.05) is 13.0 Å². The minimum absolute atomic E-state index is 0.201. The van der Waals surface area contributed by atoms with E-state index >= 15 is 0 Å². The van der Waals surface area contributed by atoms with E-state index in [0.717, 1.165) is 44.0 Å². The molecule has 0 radical (unpaired) electrons. The fraction of sp³-hybridized carbons (Fsp3) is 0.368. The van der Waals surface area contributed by atoms with Crippen LogP contribution in [0.5, 0.6) is 0 Å². The maximum atomic E-state index is 10.9. The van der Waals surface area contributed by atoms with Crippen molar-refractivity contribution in [3.63, 3.8) is 0 Å². The molecule has 1 N–H and O–H groups in total. The number of hydrogen-bond donors (Lipinski definition) is 1. The molecule has 0 atom stereocenters. The largest absolute Gasteiger partial charge is 0.369 e. The van der Waals surface area contributed by atoms with Gasteiger partial charge in [-0.05, 0) is 43.3 Å². The van der Waals surface area contributed by atoms with Crippen molar-refractivity contribution in [2.45, 2.75) is 13.8 Å². The van der Waals surface area contributed by atoms with E-state index in [4.69, 9.17) is 5.26 Å². The second kappa shape index (κ2) is 8.01.